The highest BCUT2D eigenvalue weighted by molar-refractivity contribution is 5.62. The zero-order valence-corrected chi connectivity index (χ0v) is 23.5. The second-order valence-electron chi connectivity index (χ2n) is 9.90. The van der Waals surface area contributed by atoms with Crippen molar-refractivity contribution in [3.05, 3.63) is 107 Å². The van der Waals surface area contributed by atoms with E-state index in [0.717, 1.165) is 59.4 Å². The largest absolute Gasteiger partial charge is 0.508 e. The highest BCUT2D eigenvalue weighted by Crippen LogP contribution is 2.52. The molecule has 0 saturated carbocycles. The maximum atomic E-state index is 11.0. The molecule has 0 amide bonds. The number of methoxy groups -OCH3 is 4. The van der Waals surface area contributed by atoms with Crippen molar-refractivity contribution in [1.29, 1.82) is 0 Å². The van der Waals surface area contributed by atoms with Crippen molar-refractivity contribution in [3.8, 4) is 34.5 Å². The van der Waals surface area contributed by atoms with E-state index in [-0.39, 0.29) is 17.8 Å². The highest BCUT2D eigenvalue weighted by Gasteiger charge is 2.34. The molecule has 6 nitrogen and oxygen atoms in total. The van der Waals surface area contributed by atoms with Crippen LogP contribution < -0.4 is 23.7 Å². The molecule has 0 unspecified atom stereocenters. The fraction of sp³-hybridized carbons (Fsp3) is 0.294. The lowest BCUT2D eigenvalue weighted by atomic mass is 9.82. The number of hydrogen-bond donors (Lipinski definition) is 1. The summed E-state index contributed by atoms with van der Waals surface area (Å²) in [5.41, 5.74) is 4.99. The van der Waals surface area contributed by atoms with E-state index in [0.29, 0.717) is 17.2 Å². The topological polar surface area (TPSA) is 66.4 Å². The standard InChI is InChI=1S/C34H36O6/c1-36-29-18-15-23(20-31(29)38-3)28-19-17-26-30(37-2)21-32(39-4)33(34(26)40-28)25(24-12-8-9-13-27(24)35)16-14-22-10-6-5-7-11-22/h5-13,15,18,20-21,25,28,35H,14,16-17,19H2,1-4H3/t25-,28+/m1/s1. The Kier molecular flexibility index (Phi) is 8.34. The number of benzene rings is 4. The van der Waals surface area contributed by atoms with E-state index in [9.17, 15) is 5.11 Å². The Balaban J connectivity index is 1.63. The van der Waals surface area contributed by atoms with E-state index in [1.165, 1.54) is 5.56 Å². The molecule has 2 atom stereocenters. The first-order valence-corrected chi connectivity index (χ1v) is 13.6. The van der Waals surface area contributed by atoms with Crippen molar-refractivity contribution in [3.63, 3.8) is 0 Å². The fourth-order valence-corrected chi connectivity index (χ4v) is 5.68. The fourth-order valence-electron chi connectivity index (χ4n) is 5.68. The maximum Gasteiger partial charge on any atom is 0.161 e. The van der Waals surface area contributed by atoms with E-state index >= 15 is 0 Å². The monoisotopic (exact) mass is 540 g/mol. The van der Waals surface area contributed by atoms with Gasteiger partial charge in [0.2, 0.25) is 0 Å². The molecule has 0 fully saturated rings. The first-order valence-electron chi connectivity index (χ1n) is 13.6. The van der Waals surface area contributed by atoms with Crippen LogP contribution in [-0.4, -0.2) is 33.5 Å². The molecule has 5 rings (SSSR count). The van der Waals surface area contributed by atoms with Crippen molar-refractivity contribution in [1.82, 2.24) is 0 Å². The quantitative estimate of drug-likeness (QED) is 0.228. The Morgan fingerprint density at radius 2 is 1.48 bits per heavy atom. The Labute approximate surface area is 236 Å². The van der Waals surface area contributed by atoms with Crippen molar-refractivity contribution < 1.29 is 28.8 Å². The summed E-state index contributed by atoms with van der Waals surface area (Å²) in [4.78, 5) is 0. The average Bonchev–Trinajstić information content (AvgIpc) is 3.01. The number of rotatable bonds is 10. The lowest BCUT2D eigenvalue weighted by Crippen LogP contribution is -2.19. The molecule has 4 aromatic carbocycles. The zero-order valence-electron chi connectivity index (χ0n) is 23.5. The maximum absolute atomic E-state index is 11.0. The van der Waals surface area contributed by atoms with Crippen LogP contribution >= 0.6 is 0 Å². The van der Waals surface area contributed by atoms with Crippen LogP contribution in [0.5, 0.6) is 34.5 Å². The molecule has 40 heavy (non-hydrogen) atoms. The van der Waals surface area contributed by atoms with Gasteiger partial charge in [-0.2, -0.15) is 0 Å². The van der Waals surface area contributed by atoms with Crippen molar-refractivity contribution in [2.75, 3.05) is 28.4 Å². The van der Waals surface area contributed by atoms with Crippen molar-refractivity contribution in [2.45, 2.75) is 37.7 Å². The van der Waals surface area contributed by atoms with E-state index < -0.39 is 0 Å². The van der Waals surface area contributed by atoms with Gasteiger partial charge in [0, 0.05) is 28.7 Å². The summed E-state index contributed by atoms with van der Waals surface area (Å²) < 4.78 is 29.7. The predicted octanol–water partition coefficient (Wildman–Crippen LogP) is 7.26. The Bertz CT molecular complexity index is 1450. The molecule has 1 aliphatic rings. The third-order valence-corrected chi connectivity index (χ3v) is 7.70. The minimum absolute atomic E-state index is 0.180. The molecule has 6 heteroatoms. The zero-order chi connectivity index (χ0) is 28.1. The smallest absolute Gasteiger partial charge is 0.161 e. The van der Waals surface area contributed by atoms with Crippen LogP contribution in [0.2, 0.25) is 0 Å². The minimum Gasteiger partial charge on any atom is -0.508 e. The molecule has 0 saturated heterocycles. The molecule has 1 N–H and O–H groups in total. The first kappa shape index (κ1) is 27.3. The number of fused-ring (bicyclic) bond motifs is 1. The number of ether oxygens (including phenoxy) is 5. The molecule has 208 valence electrons. The predicted molar refractivity (Wildman–Crippen MR) is 155 cm³/mol. The summed E-state index contributed by atoms with van der Waals surface area (Å²) >= 11 is 0. The van der Waals surface area contributed by atoms with Crippen LogP contribution in [0, 0.1) is 0 Å². The molecule has 4 aromatic rings. The van der Waals surface area contributed by atoms with Gasteiger partial charge < -0.3 is 28.8 Å². The molecule has 0 aliphatic carbocycles. The molecule has 0 spiro atoms. The van der Waals surface area contributed by atoms with Crippen LogP contribution in [0.15, 0.2) is 78.9 Å². The van der Waals surface area contributed by atoms with Crippen LogP contribution in [0.3, 0.4) is 0 Å². The van der Waals surface area contributed by atoms with Gasteiger partial charge in [-0.15, -0.1) is 0 Å². The summed E-state index contributed by atoms with van der Waals surface area (Å²) in [5, 5.41) is 11.0. The van der Waals surface area contributed by atoms with Crippen molar-refractivity contribution >= 4 is 0 Å². The molecular formula is C34H36O6. The molecular weight excluding hydrogens is 504 g/mol. The van der Waals surface area contributed by atoms with Gasteiger partial charge in [0.05, 0.1) is 28.4 Å². The van der Waals surface area contributed by atoms with Crippen LogP contribution in [0.4, 0.5) is 0 Å². The second kappa shape index (κ2) is 12.2. The minimum atomic E-state index is -0.206. The highest BCUT2D eigenvalue weighted by atomic mass is 16.5. The lowest BCUT2D eigenvalue weighted by Gasteiger charge is -2.33. The van der Waals surface area contributed by atoms with E-state index in [1.807, 2.05) is 48.5 Å². The SMILES string of the molecule is COc1ccc([C@@H]2CCc3c(OC)cc(OC)c([C@H](CCc4ccccc4)c4ccccc4O)c3O2)cc1OC. The first-order chi connectivity index (χ1) is 19.6. The van der Waals surface area contributed by atoms with Crippen LogP contribution in [-0.2, 0) is 12.8 Å². The van der Waals surface area contributed by atoms with Gasteiger partial charge in [0.1, 0.15) is 29.1 Å². The number of aromatic hydroxyl groups is 1. The van der Waals surface area contributed by atoms with Gasteiger partial charge >= 0.3 is 0 Å². The summed E-state index contributed by atoms with van der Waals surface area (Å²) in [7, 11) is 6.60. The number of aryl methyl sites for hydroxylation is 1. The van der Waals surface area contributed by atoms with E-state index in [1.54, 1.807) is 34.5 Å². The number of hydrogen-bond acceptors (Lipinski definition) is 6. The molecule has 0 radical (unpaired) electrons. The second-order valence-corrected chi connectivity index (χ2v) is 9.90. The Morgan fingerprint density at radius 1 is 0.775 bits per heavy atom. The molecule has 1 aliphatic heterocycles. The van der Waals surface area contributed by atoms with Gasteiger partial charge in [-0.05, 0) is 55.0 Å². The van der Waals surface area contributed by atoms with E-state index in [2.05, 4.69) is 24.3 Å². The van der Waals surface area contributed by atoms with E-state index in [4.69, 9.17) is 23.7 Å². The van der Waals surface area contributed by atoms with Gasteiger partial charge in [-0.1, -0.05) is 54.6 Å². The number of phenols is 1. The van der Waals surface area contributed by atoms with Crippen molar-refractivity contribution in [2.24, 2.45) is 0 Å². The molecule has 0 aromatic heterocycles. The summed E-state index contributed by atoms with van der Waals surface area (Å²) in [6, 6.07) is 25.8. The normalized spacial score (nSPS) is 14.9. The molecule has 0 bridgehead atoms. The lowest BCUT2D eigenvalue weighted by molar-refractivity contribution is 0.170. The number of para-hydroxylation sites is 1. The third-order valence-electron chi connectivity index (χ3n) is 7.70. The van der Waals surface area contributed by atoms with Crippen LogP contribution in [0.1, 0.15) is 52.7 Å². The summed E-state index contributed by atoms with van der Waals surface area (Å²) in [6.45, 7) is 0. The Hall–Kier alpha value is -4.32. The average molecular weight is 541 g/mol. The number of phenolic OH excluding ortho intramolecular Hbond substituents is 1. The Morgan fingerprint density at radius 3 is 2.17 bits per heavy atom. The molecule has 1 heterocycles. The van der Waals surface area contributed by atoms with Gasteiger partial charge in [-0.3, -0.25) is 0 Å². The van der Waals surface area contributed by atoms with Gasteiger partial charge in [0.15, 0.2) is 11.5 Å². The summed E-state index contributed by atoms with van der Waals surface area (Å²) in [6.07, 6.45) is 2.91. The van der Waals surface area contributed by atoms with Gasteiger partial charge in [-0.25, -0.2) is 0 Å². The summed E-state index contributed by atoms with van der Waals surface area (Å²) in [5.74, 6) is 3.56. The van der Waals surface area contributed by atoms with Crippen LogP contribution in [0.25, 0.3) is 0 Å². The van der Waals surface area contributed by atoms with Gasteiger partial charge in [0.25, 0.3) is 0 Å². The third kappa shape index (κ3) is 5.39.